The van der Waals surface area contributed by atoms with Crippen molar-refractivity contribution in [1.29, 1.82) is 0 Å². The third-order valence-corrected chi connectivity index (χ3v) is 2.54. The van der Waals surface area contributed by atoms with E-state index in [4.69, 9.17) is 4.74 Å². The highest BCUT2D eigenvalue weighted by Crippen LogP contribution is 2.37. The molecule has 0 radical (unpaired) electrons. The zero-order chi connectivity index (χ0) is 15.6. The van der Waals surface area contributed by atoms with Gasteiger partial charge in [-0.2, -0.15) is 8.78 Å². The highest BCUT2D eigenvalue weighted by atomic mass is 19.3. The van der Waals surface area contributed by atoms with Crippen LogP contribution in [0, 0.1) is 0 Å². The summed E-state index contributed by atoms with van der Waals surface area (Å²) < 4.78 is 56.3. The minimum absolute atomic E-state index is 0.178. The van der Waals surface area contributed by atoms with E-state index in [1.54, 1.807) is 0 Å². The molecule has 0 aliphatic heterocycles. The van der Waals surface area contributed by atoms with Crippen LogP contribution in [0.15, 0.2) is 0 Å². The lowest BCUT2D eigenvalue weighted by Crippen LogP contribution is -2.63. The molecule has 0 heterocycles. The smallest absolute Gasteiger partial charge is 0.411 e. The van der Waals surface area contributed by atoms with Gasteiger partial charge >= 0.3 is 18.4 Å². The maximum atomic E-state index is 13.4. The molecule has 0 aromatic heterocycles. The molecule has 0 aromatic rings. The van der Waals surface area contributed by atoms with Crippen LogP contribution in [0.1, 0.15) is 27.7 Å². The number of carbonyl (C=O) groups is 2. The normalized spacial score (nSPS) is 15.9. The summed E-state index contributed by atoms with van der Waals surface area (Å²) in [5.74, 6) is -4.69. The summed E-state index contributed by atoms with van der Waals surface area (Å²) in [4.78, 5) is 22.6. The molecule has 1 amide bonds. The van der Waals surface area contributed by atoms with E-state index < -0.39 is 29.6 Å². The first-order valence-electron chi connectivity index (χ1n) is 5.38. The van der Waals surface area contributed by atoms with Gasteiger partial charge in [-0.3, -0.25) is 4.90 Å². The van der Waals surface area contributed by atoms with Crippen molar-refractivity contribution in [3.05, 3.63) is 0 Å². The van der Waals surface area contributed by atoms with E-state index in [1.807, 2.05) is 0 Å². The summed E-state index contributed by atoms with van der Waals surface area (Å²) >= 11 is 0. The van der Waals surface area contributed by atoms with Crippen molar-refractivity contribution in [2.45, 2.75) is 51.2 Å². The van der Waals surface area contributed by atoms with Crippen LogP contribution < -0.4 is 0 Å². The van der Waals surface area contributed by atoms with Gasteiger partial charge in [-0.05, 0) is 27.7 Å². The second-order valence-corrected chi connectivity index (χ2v) is 5.23. The first-order valence-corrected chi connectivity index (χ1v) is 5.38. The first-order chi connectivity index (χ1) is 8.29. The summed E-state index contributed by atoms with van der Waals surface area (Å²) in [6, 6.07) is 0. The first kappa shape index (κ1) is 17.7. The van der Waals surface area contributed by atoms with Crippen molar-refractivity contribution in [2.75, 3.05) is 7.05 Å². The molecule has 0 saturated carbocycles. The van der Waals surface area contributed by atoms with Crippen LogP contribution in [0.2, 0.25) is 0 Å². The lowest BCUT2D eigenvalue weighted by Gasteiger charge is -2.39. The third-order valence-electron chi connectivity index (χ3n) is 2.54. The van der Waals surface area contributed by atoms with Gasteiger partial charge in [-0.1, -0.05) is 0 Å². The molecular weight excluding hydrogens is 270 g/mol. The molecule has 0 aliphatic rings. The van der Waals surface area contributed by atoms with E-state index in [0.29, 0.717) is 6.92 Å². The van der Waals surface area contributed by atoms with E-state index in [-0.39, 0.29) is 11.2 Å². The monoisotopic (exact) mass is 287 g/mol. The van der Waals surface area contributed by atoms with Gasteiger partial charge in [0.25, 0.3) is 0 Å². The number of alkyl halides is 4. The van der Waals surface area contributed by atoms with Crippen LogP contribution in [0.3, 0.4) is 0 Å². The van der Waals surface area contributed by atoms with Crippen molar-refractivity contribution >= 4 is 12.4 Å². The van der Waals surface area contributed by atoms with Gasteiger partial charge in [0, 0.05) is 7.05 Å². The summed E-state index contributed by atoms with van der Waals surface area (Å²) in [7, 11) is 0.804. The zero-order valence-corrected chi connectivity index (χ0v) is 11.3. The zero-order valence-electron chi connectivity index (χ0n) is 11.3. The Labute approximate surface area is 108 Å². The van der Waals surface area contributed by atoms with Crippen LogP contribution in [-0.4, -0.2) is 47.8 Å². The number of aldehydes is 1. The van der Waals surface area contributed by atoms with Crippen molar-refractivity contribution in [3.8, 4) is 0 Å². The molecule has 0 fully saturated rings. The second kappa shape index (κ2) is 5.34. The predicted molar refractivity (Wildman–Crippen MR) is 59.4 cm³/mol. The van der Waals surface area contributed by atoms with E-state index in [2.05, 4.69) is 0 Å². The fourth-order valence-electron chi connectivity index (χ4n) is 1.12. The number of nitrogens with zero attached hydrogens (tertiary/aromatic N) is 1. The molecule has 8 heteroatoms. The Balaban J connectivity index is 5.36. The van der Waals surface area contributed by atoms with Gasteiger partial charge in [0.1, 0.15) is 5.60 Å². The molecule has 19 heavy (non-hydrogen) atoms. The maximum absolute atomic E-state index is 13.4. The highest BCUT2D eigenvalue weighted by Gasteiger charge is 2.61. The number of carbonyl (C=O) groups excluding carboxylic acids is 2. The molecule has 0 rings (SSSR count). The van der Waals surface area contributed by atoms with E-state index in [1.165, 1.54) is 20.8 Å². The van der Waals surface area contributed by atoms with Crippen LogP contribution in [0.4, 0.5) is 22.4 Å². The average Bonchev–Trinajstić information content (AvgIpc) is 2.23. The second-order valence-electron chi connectivity index (χ2n) is 5.23. The SMILES string of the molecule is CN(C(=O)OC(C)(C)C)C(C)(C=O)C(F)(F)C(F)F. The quantitative estimate of drug-likeness (QED) is 0.590. The van der Waals surface area contributed by atoms with Crippen LogP contribution in [-0.2, 0) is 9.53 Å². The number of hydrogen-bond acceptors (Lipinski definition) is 3. The largest absolute Gasteiger partial charge is 0.444 e. The standard InChI is InChI=1S/C11H17F4NO3/c1-9(2,3)19-8(18)16(5)10(4,6-17)11(14,15)7(12)13/h6-7H,1-5H3. The fraction of sp³-hybridized carbons (Fsp3) is 0.818. The molecule has 4 nitrogen and oxygen atoms in total. The number of ether oxygens (including phenoxy) is 1. The molecule has 0 bridgehead atoms. The van der Waals surface area contributed by atoms with E-state index in [9.17, 15) is 27.2 Å². The number of rotatable bonds is 4. The Morgan fingerprint density at radius 2 is 1.63 bits per heavy atom. The summed E-state index contributed by atoms with van der Waals surface area (Å²) in [5.41, 5.74) is -4.00. The van der Waals surface area contributed by atoms with Gasteiger partial charge < -0.3 is 9.53 Å². The van der Waals surface area contributed by atoms with Gasteiger partial charge in [-0.15, -0.1) is 0 Å². The minimum Gasteiger partial charge on any atom is -0.444 e. The van der Waals surface area contributed by atoms with Gasteiger partial charge in [0.05, 0.1) is 0 Å². The van der Waals surface area contributed by atoms with Crippen LogP contribution >= 0.6 is 0 Å². The number of hydrogen-bond donors (Lipinski definition) is 0. The van der Waals surface area contributed by atoms with Crippen molar-refractivity contribution in [3.63, 3.8) is 0 Å². The van der Waals surface area contributed by atoms with E-state index in [0.717, 1.165) is 7.05 Å². The Bertz CT molecular complexity index is 354. The highest BCUT2D eigenvalue weighted by molar-refractivity contribution is 5.77. The van der Waals surface area contributed by atoms with Crippen LogP contribution in [0.5, 0.6) is 0 Å². The van der Waals surface area contributed by atoms with Crippen LogP contribution in [0.25, 0.3) is 0 Å². The van der Waals surface area contributed by atoms with Crippen molar-refractivity contribution in [2.24, 2.45) is 0 Å². The fourth-order valence-corrected chi connectivity index (χ4v) is 1.12. The summed E-state index contributed by atoms with van der Waals surface area (Å²) in [5, 5.41) is 0. The Hall–Kier alpha value is -1.34. The summed E-state index contributed by atoms with van der Waals surface area (Å²) in [6.45, 7) is 4.98. The lowest BCUT2D eigenvalue weighted by molar-refractivity contribution is -0.198. The molecule has 1 unspecified atom stereocenters. The topological polar surface area (TPSA) is 46.6 Å². The van der Waals surface area contributed by atoms with Gasteiger partial charge in [0.2, 0.25) is 0 Å². The van der Waals surface area contributed by atoms with Gasteiger partial charge in [0.15, 0.2) is 11.8 Å². The molecule has 112 valence electrons. The third kappa shape index (κ3) is 3.57. The molecular formula is C11H17F4NO3. The Morgan fingerprint density at radius 1 is 1.21 bits per heavy atom. The maximum Gasteiger partial charge on any atom is 0.411 e. The summed E-state index contributed by atoms with van der Waals surface area (Å²) in [6.07, 6.45) is -5.77. The Kier molecular flexibility index (Phi) is 4.96. The predicted octanol–water partition coefficient (Wildman–Crippen LogP) is 2.71. The van der Waals surface area contributed by atoms with Gasteiger partial charge in [-0.25, -0.2) is 13.6 Å². The number of amides is 1. The minimum atomic E-state index is -4.69. The molecule has 0 N–H and O–H groups in total. The van der Waals surface area contributed by atoms with E-state index >= 15 is 0 Å². The molecule has 0 saturated heterocycles. The molecule has 0 aromatic carbocycles. The molecule has 0 spiro atoms. The Morgan fingerprint density at radius 3 is 1.89 bits per heavy atom. The number of halogens is 4. The molecule has 0 aliphatic carbocycles. The molecule has 1 atom stereocenters. The van der Waals surface area contributed by atoms with Crippen molar-refractivity contribution in [1.82, 2.24) is 4.90 Å². The number of likely N-dealkylation sites (N-methyl/N-ethyl adjacent to an activating group) is 1. The van der Waals surface area contributed by atoms with Crippen molar-refractivity contribution < 1.29 is 31.9 Å². The average molecular weight is 287 g/mol. The lowest BCUT2D eigenvalue weighted by atomic mass is 9.94.